The Balaban J connectivity index is 1.72. The van der Waals surface area contributed by atoms with Gasteiger partial charge in [0.05, 0.1) is 7.11 Å². The molecule has 0 aromatic heterocycles. The molecule has 0 bridgehead atoms. The highest BCUT2D eigenvalue weighted by atomic mass is 16.5. The molecule has 0 heterocycles. The number of ether oxygens (including phenoxy) is 1. The first-order valence-electron chi connectivity index (χ1n) is 10.2. The van der Waals surface area contributed by atoms with Gasteiger partial charge in [-0.3, -0.25) is 9.59 Å². The SMILES string of the molecule is COc1cccc(NC(=O)[C@@H]([NH2+]CC(=O)Nc2c(C)cccc2C)c2ccccc2)c1. The van der Waals surface area contributed by atoms with Crippen LogP contribution in [0.25, 0.3) is 0 Å². The summed E-state index contributed by atoms with van der Waals surface area (Å²) in [7, 11) is 1.58. The van der Waals surface area contributed by atoms with Gasteiger partial charge in [0.25, 0.3) is 11.8 Å². The second-order valence-corrected chi connectivity index (χ2v) is 7.36. The molecule has 0 unspecified atom stereocenters. The number of benzene rings is 3. The summed E-state index contributed by atoms with van der Waals surface area (Å²) in [5.74, 6) is 0.290. The highest BCUT2D eigenvalue weighted by molar-refractivity contribution is 5.95. The zero-order valence-electron chi connectivity index (χ0n) is 18.0. The first-order valence-corrected chi connectivity index (χ1v) is 10.2. The smallest absolute Gasteiger partial charge is 0.287 e. The van der Waals surface area contributed by atoms with Crippen LogP contribution in [0.5, 0.6) is 5.75 Å². The fourth-order valence-corrected chi connectivity index (χ4v) is 3.40. The van der Waals surface area contributed by atoms with Crippen molar-refractivity contribution in [3.8, 4) is 5.75 Å². The van der Waals surface area contributed by atoms with Gasteiger partial charge in [0.15, 0.2) is 12.6 Å². The van der Waals surface area contributed by atoms with Gasteiger partial charge < -0.3 is 20.7 Å². The number of hydrogen-bond donors (Lipinski definition) is 3. The van der Waals surface area contributed by atoms with Crippen LogP contribution in [0.1, 0.15) is 22.7 Å². The molecule has 0 aliphatic heterocycles. The Bertz CT molecular complexity index is 1030. The highest BCUT2D eigenvalue weighted by Gasteiger charge is 2.25. The van der Waals surface area contributed by atoms with E-state index in [1.54, 1.807) is 24.6 Å². The fourth-order valence-electron chi connectivity index (χ4n) is 3.40. The Hall–Kier alpha value is -3.64. The molecule has 3 aromatic rings. The van der Waals surface area contributed by atoms with Crippen LogP contribution in [0.3, 0.4) is 0 Å². The molecular weight excluding hydrogens is 390 g/mol. The highest BCUT2D eigenvalue weighted by Crippen LogP contribution is 2.20. The lowest BCUT2D eigenvalue weighted by atomic mass is 10.1. The van der Waals surface area contributed by atoms with Crippen molar-refractivity contribution in [2.45, 2.75) is 19.9 Å². The number of carbonyl (C=O) groups excluding carboxylic acids is 2. The quantitative estimate of drug-likeness (QED) is 0.525. The van der Waals surface area contributed by atoms with E-state index in [1.165, 1.54) is 0 Å². The Labute approximate surface area is 182 Å². The summed E-state index contributed by atoms with van der Waals surface area (Å²) in [6, 6.07) is 21.9. The van der Waals surface area contributed by atoms with E-state index in [1.807, 2.05) is 74.5 Å². The topological polar surface area (TPSA) is 84.0 Å². The molecule has 0 aliphatic carbocycles. The van der Waals surface area contributed by atoms with Crippen LogP contribution in [0.4, 0.5) is 11.4 Å². The van der Waals surface area contributed by atoms with E-state index in [-0.39, 0.29) is 18.4 Å². The number of amides is 2. The Morgan fingerprint density at radius 1 is 0.903 bits per heavy atom. The number of rotatable bonds is 8. The molecule has 160 valence electrons. The summed E-state index contributed by atoms with van der Waals surface area (Å²) in [5, 5.41) is 7.64. The van der Waals surface area contributed by atoms with Crippen LogP contribution < -0.4 is 20.7 Å². The van der Waals surface area contributed by atoms with Gasteiger partial charge in [-0.15, -0.1) is 0 Å². The van der Waals surface area contributed by atoms with Crippen molar-refractivity contribution in [1.29, 1.82) is 0 Å². The predicted molar refractivity (Wildman–Crippen MR) is 122 cm³/mol. The molecule has 0 saturated heterocycles. The molecule has 3 aromatic carbocycles. The van der Waals surface area contributed by atoms with Crippen molar-refractivity contribution in [2.24, 2.45) is 0 Å². The summed E-state index contributed by atoms with van der Waals surface area (Å²) in [4.78, 5) is 25.7. The average molecular weight is 419 g/mol. The lowest BCUT2D eigenvalue weighted by molar-refractivity contribution is -0.671. The van der Waals surface area contributed by atoms with Gasteiger partial charge in [-0.25, -0.2) is 0 Å². The zero-order chi connectivity index (χ0) is 22.2. The van der Waals surface area contributed by atoms with Gasteiger partial charge in [-0.1, -0.05) is 54.6 Å². The minimum atomic E-state index is -0.573. The van der Waals surface area contributed by atoms with Crippen molar-refractivity contribution in [3.05, 3.63) is 89.5 Å². The first-order chi connectivity index (χ1) is 15.0. The maximum Gasteiger partial charge on any atom is 0.287 e. The summed E-state index contributed by atoms with van der Waals surface area (Å²) in [6.07, 6.45) is 0. The van der Waals surface area contributed by atoms with Gasteiger partial charge in [-0.05, 0) is 37.1 Å². The standard InChI is InChI=1S/C25H27N3O3/c1-17-9-7-10-18(2)23(17)28-22(29)16-26-24(19-11-5-4-6-12-19)25(30)27-20-13-8-14-21(15-20)31-3/h4-15,24,26H,16H2,1-3H3,(H,27,30)(H,28,29)/p+1/t24-/m0/s1. The van der Waals surface area contributed by atoms with Crippen LogP contribution in [0, 0.1) is 13.8 Å². The number of para-hydroxylation sites is 1. The van der Waals surface area contributed by atoms with Crippen molar-refractivity contribution in [1.82, 2.24) is 0 Å². The normalized spacial score (nSPS) is 11.5. The lowest BCUT2D eigenvalue weighted by Crippen LogP contribution is -2.89. The van der Waals surface area contributed by atoms with E-state index in [9.17, 15) is 9.59 Å². The van der Waals surface area contributed by atoms with E-state index in [4.69, 9.17) is 4.74 Å². The zero-order valence-corrected chi connectivity index (χ0v) is 18.0. The summed E-state index contributed by atoms with van der Waals surface area (Å²) >= 11 is 0. The third-order valence-corrected chi connectivity index (χ3v) is 5.06. The largest absolute Gasteiger partial charge is 0.497 e. The molecule has 0 radical (unpaired) electrons. The Kier molecular flexibility index (Phi) is 7.40. The molecule has 0 spiro atoms. The number of nitrogens with one attached hydrogen (secondary N) is 2. The van der Waals surface area contributed by atoms with Crippen LogP contribution in [-0.2, 0) is 9.59 Å². The number of anilines is 2. The summed E-state index contributed by atoms with van der Waals surface area (Å²) < 4.78 is 5.22. The van der Waals surface area contributed by atoms with E-state index in [2.05, 4.69) is 10.6 Å². The summed E-state index contributed by atoms with van der Waals surface area (Å²) in [6.45, 7) is 4.03. The summed E-state index contributed by atoms with van der Waals surface area (Å²) in [5.41, 5.74) is 4.28. The van der Waals surface area contributed by atoms with E-state index in [0.29, 0.717) is 11.4 Å². The van der Waals surface area contributed by atoms with Gasteiger partial charge in [0, 0.05) is 23.0 Å². The van der Waals surface area contributed by atoms with E-state index in [0.717, 1.165) is 22.4 Å². The van der Waals surface area contributed by atoms with Crippen molar-refractivity contribution < 1.29 is 19.6 Å². The van der Waals surface area contributed by atoms with E-state index < -0.39 is 6.04 Å². The van der Waals surface area contributed by atoms with Gasteiger partial charge in [0.2, 0.25) is 0 Å². The third-order valence-electron chi connectivity index (χ3n) is 5.06. The van der Waals surface area contributed by atoms with Crippen molar-refractivity contribution in [2.75, 3.05) is 24.3 Å². The van der Waals surface area contributed by atoms with Crippen LogP contribution in [-0.4, -0.2) is 25.5 Å². The van der Waals surface area contributed by atoms with E-state index >= 15 is 0 Å². The number of hydrogen-bond acceptors (Lipinski definition) is 3. The third kappa shape index (κ3) is 5.93. The molecule has 4 N–H and O–H groups in total. The number of methoxy groups -OCH3 is 1. The molecule has 0 fully saturated rings. The molecule has 6 nitrogen and oxygen atoms in total. The Morgan fingerprint density at radius 2 is 1.58 bits per heavy atom. The monoisotopic (exact) mass is 418 g/mol. The first kappa shape index (κ1) is 22.1. The number of carbonyl (C=O) groups is 2. The van der Waals surface area contributed by atoms with Gasteiger partial charge in [0.1, 0.15) is 5.75 Å². The fraction of sp³-hybridized carbons (Fsp3) is 0.200. The van der Waals surface area contributed by atoms with Crippen LogP contribution >= 0.6 is 0 Å². The lowest BCUT2D eigenvalue weighted by Gasteiger charge is -2.17. The van der Waals surface area contributed by atoms with Gasteiger partial charge in [-0.2, -0.15) is 0 Å². The maximum atomic E-state index is 13.1. The van der Waals surface area contributed by atoms with Gasteiger partial charge >= 0.3 is 0 Å². The number of quaternary nitrogens is 1. The van der Waals surface area contributed by atoms with Crippen molar-refractivity contribution in [3.63, 3.8) is 0 Å². The second-order valence-electron chi connectivity index (χ2n) is 7.36. The minimum absolute atomic E-state index is 0.110. The Morgan fingerprint density at radius 3 is 2.26 bits per heavy atom. The molecule has 31 heavy (non-hydrogen) atoms. The van der Waals surface area contributed by atoms with Crippen LogP contribution in [0.15, 0.2) is 72.8 Å². The maximum absolute atomic E-state index is 13.1. The molecule has 2 amide bonds. The predicted octanol–water partition coefficient (Wildman–Crippen LogP) is 3.19. The minimum Gasteiger partial charge on any atom is -0.497 e. The average Bonchev–Trinajstić information content (AvgIpc) is 2.77. The molecule has 1 atom stereocenters. The molecule has 6 heteroatoms. The second kappa shape index (κ2) is 10.4. The molecular formula is C25H28N3O3+. The van der Waals surface area contributed by atoms with Crippen LogP contribution in [0.2, 0.25) is 0 Å². The molecule has 3 rings (SSSR count). The molecule has 0 saturated carbocycles. The number of nitrogens with two attached hydrogens (primary N) is 1. The molecule has 0 aliphatic rings. The number of aryl methyl sites for hydroxylation is 2. The van der Waals surface area contributed by atoms with Crippen molar-refractivity contribution >= 4 is 23.2 Å².